The van der Waals surface area contributed by atoms with Crippen LogP contribution in [0, 0.1) is 5.82 Å². The van der Waals surface area contributed by atoms with Crippen molar-refractivity contribution in [2.45, 2.75) is 6.54 Å². The predicted octanol–water partition coefficient (Wildman–Crippen LogP) is 5.25. The zero-order valence-electron chi connectivity index (χ0n) is 19.3. The number of ether oxygens (including phenoxy) is 1. The van der Waals surface area contributed by atoms with Gasteiger partial charge in [-0.15, -0.1) is 11.3 Å². The Morgan fingerprint density at radius 3 is 2.70 bits per heavy atom. The average molecular weight is 539 g/mol. The lowest BCUT2D eigenvalue weighted by atomic mass is 10.1. The predicted molar refractivity (Wildman–Crippen MR) is 140 cm³/mol. The van der Waals surface area contributed by atoms with E-state index < -0.39 is 11.8 Å². The number of thiophene rings is 1. The summed E-state index contributed by atoms with van der Waals surface area (Å²) in [6.45, 7) is 4.10. The van der Waals surface area contributed by atoms with E-state index in [1.165, 1.54) is 29.4 Å². The first kappa shape index (κ1) is 23.7. The molecule has 1 saturated heterocycles. The van der Waals surface area contributed by atoms with Crippen molar-refractivity contribution in [1.29, 1.82) is 0 Å². The summed E-state index contributed by atoms with van der Waals surface area (Å²) in [5.41, 5.74) is 2.46. The number of nitrogens with one attached hydrogen (secondary N) is 2. The summed E-state index contributed by atoms with van der Waals surface area (Å²) in [6.07, 6.45) is 1.32. The molecule has 0 spiro atoms. The topological polar surface area (TPSA) is 99.7 Å². The molecule has 2 N–H and O–H groups in total. The van der Waals surface area contributed by atoms with Crippen molar-refractivity contribution in [2.24, 2.45) is 0 Å². The second-order valence-electron chi connectivity index (χ2n) is 8.59. The number of carbonyl (C=O) groups excluding carboxylic acids is 2. The minimum atomic E-state index is -0.597. The second-order valence-corrected chi connectivity index (χ2v) is 9.99. The van der Waals surface area contributed by atoms with Crippen LogP contribution in [-0.4, -0.2) is 53.1 Å². The Morgan fingerprint density at radius 1 is 1.16 bits per heavy atom. The van der Waals surface area contributed by atoms with Crippen molar-refractivity contribution >= 4 is 68.0 Å². The normalized spacial score (nSPS) is 15.6. The van der Waals surface area contributed by atoms with Crippen LogP contribution in [0.4, 0.5) is 32.1 Å². The zero-order chi connectivity index (χ0) is 25.5. The molecule has 0 atom stereocenters. The van der Waals surface area contributed by atoms with E-state index in [-0.39, 0.29) is 16.7 Å². The van der Waals surface area contributed by atoms with Crippen molar-refractivity contribution in [2.75, 3.05) is 41.8 Å². The molecule has 188 valence electrons. The quantitative estimate of drug-likeness (QED) is 0.360. The van der Waals surface area contributed by atoms with Gasteiger partial charge in [-0.1, -0.05) is 23.7 Å². The molecule has 37 heavy (non-hydrogen) atoms. The monoisotopic (exact) mass is 538 g/mol. The standard InChI is InChI=1S/C25H20ClFN6O3S/c26-17-11-16(5-6-18(17)27)33-22-19-20(31-25(33)35)21(37-24(19)29-13-28-22)23(34)30-15-3-1-14(2-4-15)12-32-7-9-36-10-8-32/h1-6,11,13H,7-10,12H2,(H,30,34)(H,31,35). The molecule has 2 aliphatic rings. The van der Waals surface area contributed by atoms with Gasteiger partial charge in [-0.25, -0.2) is 24.1 Å². The number of urea groups is 1. The number of morpholine rings is 1. The lowest BCUT2D eigenvalue weighted by Crippen LogP contribution is -2.35. The Hall–Kier alpha value is -3.64. The minimum Gasteiger partial charge on any atom is -0.379 e. The largest absolute Gasteiger partial charge is 0.379 e. The van der Waals surface area contributed by atoms with Gasteiger partial charge < -0.3 is 15.4 Å². The molecule has 12 heteroatoms. The summed E-state index contributed by atoms with van der Waals surface area (Å²) in [5.74, 6) is -0.683. The lowest BCUT2D eigenvalue weighted by molar-refractivity contribution is 0.0342. The number of amides is 3. The molecule has 0 saturated carbocycles. The van der Waals surface area contributed by atoms with E-state index in [0.717, 1.165) is 49.7 Å². The molecule has 0 unspecified atom stereocenters. The third-order valence-corrected chi connectivity index (χ3v) is 7.59. The summed E-state index contributed by atoms with van der Waals surface area (Å²) < 4.78 is 19.1. The number of nitrogens with zero attached hydrogens (tertiary/aromatic N) is 4. The molecule has 0 radical (unpaired) electrons. The highest BCUT2D eigenvalue weighted by molar-refractivity contribution is 7.21. The number of anilines is 4. The van der Waals surface area contributed by atoms with E-state index in [2.05, 4.69) is 25.5 Å². The molecule has 1 fully saturated rings. The van der Waals surface area contributed by atoms with Crippen LogP contribution in [0.1, 0.15) is 15.2 Å². The first-order valence-electron chi connectivity index (χ1n) is 11.5. The highest BCUT2D eigenvalue weighted by atomic mass is 35.5. The summed E-state index contributed by atoms with van der Waals surface area (Å²) in [7, 11) is 0. The number of hydrogen-bond donors (Lipinski definition) is 2. The van der Waals surface area contributed by atoms with Crippen LogP contribution in [0.25, 0.3) is 10.2 Å². The molecule has 2 aromatic carbocycles. The van der Waals surface area contributed by atoms with Gasteiger partial charge in [-0.05, 0) is 35.9 Å². The molecule has 2 aliphatic heterocycles. The number of aromatic nitrogens is 2. The van der Waals surface area contributed by atoms with Crippen LogP contribution >= 0.6 is 22.9 Å². The van der Waals surface area contributed by atoms with E-state index >= 15 is 0 Å². The van der Waals surface area contributed by atoms with Crippen molar-refractivity contribution in [3.8, 4) is 0 Å². The summed E-state index contributed by atoms with van der Waals surface area (Å²) in [6, 6.07) is 11.1. The molecule has 4 aromatic rings. The molecule has 9 nitrogen and oxygen atoms in total. The van der Waals surface area contributed by atoms with Crippen molar-refractivity contribution < 1.29 is 18.7 Å². The highest BCUT2D eigenvalue weighted by Crippen LogP contribution is 2.45. The van der Waals surface area contributed by atoms with Gasteiger partial charge in [0.1, 0.15) is 21.9 Å². The molecular formula is C25H20ClFN6O3S. The zero-order valence-corrected chi connectivity index (χ0v) is 20.9. The van der Waals surface area contributed by atoms with E-state index in [4.69, 9.17) is 16.3 Å². The lowest BCUT2D eigenvalue weighted by Gasteiger charge is -2.27. The fourth-order valence-corrected chi connectivity index (χ4v) is 5.55. The van der Waals surface area contributed by atoms with Crippen molar-refractivity contribution in [3.05, 3.63) is 70.1 Å². The SMILES string of the molecule is O=C(Nc1ccc(CN2CCOCC2)cc1)c1sc2ncnc3c2c1NC(=O)N3c1ccc(F)c(Cl)c1. The van der Waals surface area contributed by atoms with Crippen LogP contribution in [-0.2, 0) is 11.3 Å². The number of benzene rings is 2. The Morgan fingerprint density at radius 2 is 1.95 bits per heavy atom. The Bertz CT molecular complexity index is 1520. The molecule has 0 aliphatic carbocycles. The Labute approximate surface area is 219 Å². The Balaban J connectivity index is 1.27. The third-order valence-electron chi connectivity index (χ3n) is 6.20. The van der Waals surface area contributed by atoms with Crippen molar-refractivity contribution in [3.63, 3.8) is 0 Å². The average Bonchev–Trinajstić information content (AvgIpc) is 3.27. The maximum absolute atomic E-state index is 13.7. The van der Waals surface area contributed by atoms with E-state index in [0.29, 0.717) is 32.2 Å². The number of hydrogen-bond acceptors (Lipinski definition) is 7. The molecule has 3 amide bonds. The third kappa shape index (κ3) is 4.51. The van der Waals surface area contributed by atoms with Gasteiger partial charge in [0.25, 0.3) is 5.91 Å². The van der Waals surface area contributed by atoms with Crippen LogP contribution in [0.15, 0.2) is 48.8 Å². The van der Waals surface area contributed by atoms with Gasteiger partial charge in [-0.3, -0.25) is 9.69 Å². The first-order valence-corrected chi connectivity index (χ1v) is 12.7. The molecule has 6 rings (SSSR count). The molecule has 0 bridgehead atoms. The van der Waals surface area contributed by atoms with Crippen LogP contribution in [0.3, 0.4) is 0 Å². The maximum Gasteiger partial charge on any atom is 0.332 e. The summed E-state index contributed by atoms with van der Waals surface area (Å²) >= 11 is 7.09. The fourth-order valence-electron chi connectivity index (χ4n) is 4.39. The van der Waals surface area contributed by atoms with Crippen LogP contribution in [0.2, 0.25) is 5.02 Å². The molecule has 2 aromatic heterocycles. The number of carbonyl (C=O) groups is 2. The smallest absolute Gasteiger partial charge is 0.332 e. The van der Waals surface area contributed by atoms with Gasteiger partial charge >= 0.3 is 6.03 Å². The van der Waals surface area contributed by atoms with E-state index in [1.807, 2.05) is 24.3 Å². The van der Waals surface area contributed by atoms with E-state index in [1.54, 1.807) is 0 Å². The van der Waals surface area contributed by atoms with Gasteiger partial charge in [0.2, 0.25) is 0 Å². The Kier molecular flexibility index (Phi) is 6.21. The van der Waals surface area contributed by atoms with Gasteiger partial charge in [0, 0.05) is 25.3 Å². The molecular weight excluding hydrogens is 519 g/mol. The second kappa shape index (κ2) is 9.67. The number of halogens is 2. The maximum atomic E-state index is 13.7. The number of rotatable bonds is 5. The summed E-state index contributed by atoms with van der Waals surface area (Å²) in [5, 5.41) is 6.09. The van der Waals surface area contributed by atoms with Crippen molar-refractivity contribution in [1.82, 2.24) is 14.9 Å². The molecule has 4 heterocycles. The highest BCUT2D eigenvalue weighted by Gasteiger charge is 2.34. The van der Waals surface area contributed by atoms with Crippen LogP contribution < -0.4 is 15.5 Å². The van der Waals surface area contributed by atoms with Gasteiger partial charge in [0.15, 0.2) is 5.82 Å². The van der Waals surface area contributed by atoms with Crippen LogP contribution in [0.5, 0.6) is 0 Å². The minimum absolute atomic E-state index is 0.122. The van der Waals surface area contributed by atoms with Gasteiger partial charge in [0.05, 0.1) is 35.0 Å². The van der Waals surface area contributed by atoms with E-state index in [9.17, 15) is 14.0 Å². The first-order chi connectivity index (χ1) is 18.0. The summed E-state index contributed by atoms with van der Waals surface area (Å²) in [4.78, 5) is 39.4. The van der Waals surface area contributed by atoms with Gasteiger partial charge in [-0.2, -0.15) is 0 Å². The fraction of sp³-hybridized carbons (Fsp3) is 0.200.